The number of morpholine rings is 1. The Morgan fingerprint density at radius 2 is 2.18 bits per heavy atom. The van der Waals surface area contributed by atoms with Gasteiger partial charge in [0, 0.05) is 40.4 Å². The van der Waals surface area contributed by atoms with E-state index in [1.54, 1.807) is 6.92 Å². The first kappa shape index (κ1) is 20.2. The number of nitro groups is 1. The van der Waals surface area contributed by atoms with Crippen molar-refractivity contribution in [3.8, 4) is 0 Å². The lowest BCUT2D eigenvalue weighted by Gasteiger charge is -2.40. The van der Waals surface area contributed by atoms with Gasteiger partial charge in [-0.05, 0) is 19.8 Å². The van der Waals surface area contributed by atoms with Crippen LogP contribution in [0.2, 0.25) is 0 Å². The van der Waals surface area contributed by atoms with Crippen molar-refractivity contribution in [3.63, 3.8) is 0 Å². The molecule has 1 saturated carbocycles. The van der Waals surface area contributed by atoms with Gasteiger partial charge in [-0.1, -0.05) is 12.1 Å². The summed E-state index contributed by atoms with van der Waals surface area (Å²) in [6.07, 6.45) is 1.74. The number of sulfone groups is 1. The molecule has 10 heteroatoms. The fourth-order valence-electron chi connectivity index (χ4n) is 3.51. The molecule has 1 aliphatic heterocycles. The summed E-state index contributed by atoms with van der Waals surface area (Å²) in [7, 11) is -3.21. The van der Waals surface area contributed by atoms with E-state index in [1.165, 1.54) is 18.2 Å². The molecule has 1 aromatic rings. The number of carbonyl (C=O) groups is 2. The van der Waals surface area contributed by atoms with Crippen molar-refractivity contribution in [1.82, 2.24) is 5.32 Å². The Balaban J connectivity index is 1.78. The third kappa shape index (κ3) is 4.12. The summed E-state index contributed by atoms with van der Waals surface area (Å²) < 4.78 is 29.7. The normalized spacial score (nSPS) is 27.9. The molecular formula is C18H20N2O7S. The van der Waals surface area contributed by atoms with Crippen LogP contribution in [0.15, 0.2) is 36.0 Å². The SMILES string of the molecule is CC[S+](=O)([O-])C1CCC2OC(=O)/C(=C/C(=O)c3cccc([N+](=O)[O-])c3)NC2C1. The summed E-state index contributed by atoms with van der Waals surface area (Å²) >= 11 is 0. The van der Waals surface area contributed by atoms with E-state index in [9.17, 15) is 28.5 Å². The third-order valence-electron chi connectivity index (χ3n) is 5.09. The zero-order chi connectivity index (χ0) is 20.5. The summed E-state index contributed by atoms with van der Waals surface area (Å²) in [4.78, 5) is 34.9. The maximum atomic E-state index is 12.4. The molecule has 150 valence electrons. The number of benzene rings is 1. The zero-order valence-corrected chi connectivity index (χ0v) is 16.0. The van der Waals surface area contributed by atoms with E-state index >= 15 is 0 Å². The minimum absolute atomic E-state index is 0.0445. The molecule has 2 fully saturated rings. The van der Waals surface area contributed by atoms with Gasteiger partial charge < -0.3 is 14.6 Å². The predicted molar refractivity (Wildman–Crippen MR) is 99.3 cm³/mol. The first-order chi connectivity index (χ1) is 13.2. The average molecular weight is 408 g/mol. The van der Waals surface area contributed by atoms with Gasteiger partial charge in [0.25, 0.3) is 5.69 Å². The number of ether oxygens (including phenoxy) is 1. The smallest absolute Gasteiger partial charge is 0.354 e. The molecule has 9 nitrogen and oxygen atoms in total. The highest BCUT2D eigenvalue weighted by molar-refractivity contribution is 7.98. The van der Waals surface area contributed by atoms with Crippen LogP contribution in [0.5, 0.6) is 0 Å². The number of nitro benzene ring substituents is 1. The van der Waals surface area contributed by atoms with Crippen molar-refractivity contribution in [3.05, 3.63) is 51.7 Å². The number of hydrogen-bond donors (Lipinski definition) is 1. The Kier molecular flexibility index (Phi) is 5.61. The first-order valence-electron chi connectivity index (χ1n) is 8.91. The van der Waals surface area contributed by atoms with E-state index in [4.69, 9.17) is 4.74 Å². The molecule has 4 unspecified atom stereocenters. The molecule has 0 radical (unpaired) electrons. The maximum absolute atomic E-state index is 12.4. The molecule has 0 spiro atoms. The Morgan fingerprint density at radius 1 is 1.43 bits per heavy atom. The topological polar surface area (TPSA) is 139 Å². The number of rotatable bonds is 5. The molecule has 1 aliphatic carbocycles. The van der Waals surface area contributed by atoms with Crippen LogP contribution in [0.25, 0.3) is 0 Å². The fraction of sp³-hybridized carbons (Fsp3) is 0.444. The van der Waals surface area contributed by atoms with Gasteiger partial charge in [-0.2, -0.15) is 0 Å². The number of nitrogens with zero attached hydrogens (tertiary/aromatic N) is 1. The number of carbonyl (C=O) groups excluding carboxylic acids is 2. The van der Waals surface area contributed by atoms with Crippen LogP contribution in [0.3, 0.4) is 0 Å². The van der Waals surface area contributed by atoms with Gasteiger partial charge >= 0.3 is 5.97 Å². The van der Waals surface area contributed by atoms with E-state index in [-0.39, 0.29) is 29.1 Å². The summed E-state index contributed by atoms with van der Waals surface area (Å²) in [6, 6.07) is 4.78. The van der Waals surface area contributed by atoms with Crippen molar-refractivity contribution in [2.75, 3.05) is 5.75 Å². The summed E-state index contributed by atoms with van der Waals surface area (Å²) in [6.45, 7) is 1.60. The molecule has 1 aromatic carbocycles. The van der Waals surface area contributed by atoms with Gasteiger partial charge in [0.05, 0.1) is 11.0 Å². The van der Waals surface area contributed by atoms with Gasteiger partial charge in [0.15, 0.2) is 5.78 Å². The molecule has 28 heavy (non-hydrogen) atoms. The van der Waals surface area contributed by atoms with Crippen molar-refractivity contribution >= 4 is 27.7 Å². The summed E-state index contributed by atoms with van der Waals surface area (Å²) in [5.74, 6) is -1.24. The molecule has 0 amide bonds. The molecule has 1 saturated heterocycles. The van der Waals surface area contributed by atoms with Crippen LogP contribution in [-0.4, -0.2) is 44.4 Å². The Labute approximate surface area is 162 Å². The van der Waals surface area contributed by atoms with Crippen molar-refractivity contribution in [2.45, 2.75) is 43.6 Å². The van der Waals surface area contributed by atoms with Crippen molar-refractivity contribution in [2.24, 2.45) is 0 Å². The van der Waals surface area contributed by atoms with E-state index in [1.807, 2.05) is 0 Å². The number of hydrogen-bond acceptors (Lipinski definition) is 8. The fourth-order valence-corrected chi connectivity index (χ4v) is 4.97. The highest BCUT2D eigenvalue weighted by atomic mass is 32.3. The largest absolute Gasteiger partial charge is 0.615 e. The van der Waals surface area contributed by atoms with E-state index in [0.717, 1.165) is 12.1 Å². The Morgan fingerprint density at radius 3 is 2.86 bits per heavy atom. The zero-order valence-electron chi connectivity index (χ0n) is 15.2. The average Bonchev–Trinajstić information content (AvgIpc) is 2.68. The summed E-state index contributed by atoms with van der Waals surface area (Å²) in [5, 5.41) is 13.3. The van der Waals surface area contributed by atoms with Crippen LogP contribution in [-0.2, 0) is 24.0 Å². The Bertz CT molecular complexity index is 898. The van der Waals surface area contributed by atoms with Gasteiger partial charge in [0.2, 0.25) is 0 Å². The summed E-state index contributed by atoms with van der Waals surface area (Å²) in [5.41, 5.74) is -0.246. The molecule has 0 bridgehead atoms. The second-order valence-electron chi connectivity index (χ2n) is 6.81. The molecule has 1 N–H and O–H groups in total. The van der Waals surface area contributed by atoms with E-state index in [2.05, 4.69) is 5.32 Å². The number of fused-ring (bicyclic) bond motifs is 1. The van der Waals surface area contributed by atoms with Crippen LogP contribution >= 0.6 is 0 Å². The quantitative estimate of drug-likeness (QED) is 0.194. The van der Waals surface area contributed by atoms with Crippen LogP contribution in [0.1, 0.15) is 36.5 Å². The highest BCUT2D eigenvalue weighted by Crippen LogP contribution is 2.32. The van der Waals surface area contributed by atoms with Gasteiger partial charge in [-0.3, -0.25) is 14.9 Å². The highest BCUT2D eigenvalue weighted by Gasteiger charge is 2.43. The lowest BCUT2D eigenvalue weighted by Crippen LogP contribution is -2.55. The van der Waals surface area contributed by atoms with E-state index in [0.29, 0.717) is 12.8 Å². The number of ketones is 1. The predicted octanol–water partition coefficient (Wildman–Crippen LogP) is 1.75. The van der Waals surface area contributed by atoms with Crippen LogP contribution < -0.4 is 5.32 Å². The monoisotopic (exact) mass is 408 g/mol. The molecular weight excluding hydrogens is 388 g/mol. The second kappa shape index (κ2) is 7.80. The molecule has 4 atom stereocenters. The minimum Gasteiger partial charge on any atom is -0.615 e. The van der Waals surface area contributed by atoms with Crippen LogP contribution in [0.4, 0.5) is 5.69 Å². The van der Waals surface area contributed by atoms with Crippen molar-refractivity contribution in [1.29, 1.82) is 0 Å². The third-order valence-corrected chi connectivity index (χ3v) is 7.33. The molecule has 0 aromatic heterocycles. The Hall–Kier alpha value is -2.59. The standard InChI is InChI=1S/C18H20N2O7S/c1-2-28(25,26)13-6-7-17-14(9-13)19-15(18(22)27-17)10-16(21)11-4-3-5-12(8-11)20(23)24/h3-5,8,10,13-14,17H,2,6-7,9H2,1H3,(H-,19,21,25,26). The maximum Gasteiger partial charge on any atom is 0.354 e. The van der Waals surface area contributed by atoms with Crippen molar-refractivity contribution < 1.29 is 28.0 Å². The second-order valence-corrected chi connectivity index (χ2v) is 9.38. The number of non-ortho nitro benzene ring substituents is 1. The number of allylic oxidation sites excluding steroid dienone is 1. The van der Waals surface area contributed by atoms with E-state index < -0.39 is 44.3 Å². The van der Waals surface area contributed by atoms with Gasteiger partial charge in [-0.25, -0.2) is 4.79 Å². The number of esters is 1. The molecule has 2 aliphatic rings. The van der Waals surface area contributed by atoms with Crippen LogP contribution in [0, 0.1) is 10.1 Å². The molecule has 3 rings (SSSR count). The molecule has 1 heterocycles. The van der Waals surface area contributed by atoms with Gasteiger partial charge in [-0.15, -0.1) is 4.21 Å². The lowest BCUT2D eigenvalue weighted by atomic mass is 9.90. The lowest BCUT2D eigenvalue weighted by molar-refractivity contribution is -0.384. The minimum atomic E-state index is -3.21. The van der Waals surface area contributed by atoms with Gasteiger partial charge in [0.1, 0.15) is 22.8 Å². The number of nitrogens with one attached hydrogen (secondary N) is 1. The first-order valence-corrected chi connectivity index (χ1v) is 10.6.